The second kappa shape index (κ2) is 11.9. The molecule has 0 radical (unpaired) electrons. The first kappa shape index (κ1) is 31.2. The summed E-state index contributed by atoms with van der Waals surface area (Å²) in [4.78, 5) is 39.3. The van der Waals surface area contributed by atoms with Crippen molar-refractivity contribution in [2.45, 2.75) is 64.5 Å². The maximum atomic E-state index is 12.3. The number of hydrogen-bond donors (Lipinski definition) is 2. The number of piperidine rings is 1. The third kappa shape index (κ3) is 8.10. The van der Waals surface area contributed by atoms with Crippen molar-refractivity contribution in [1.82, 2.24) is 19.4 Å². The molecule has 0 unspecified atom stereocenters. The highest BCUT2D eigenvalue weighted by Crippen LogP contribution is 2.40. The molecule has 9 nitrogen and oxygen atoms in total. The Hall–Kier alpha value is -2.84. The molecule has 0 aromatic carbocycles. The van der Waals surface area contributed by atoms with Crippen molar-refractivity contribution in [2.75, 3.05) is 26.7 Å². The number of aliphatic carboxylic acids is 2. The smallest absolute Gasteiger partial charge is 0.475 e. The molecule has 0 bridgehead atoms. The number of likely N-dealkylation sites (tertiary alicyclic amines) is 1. The van der Waals surface area contributed by atoms with E-state index < -0.39 is 24.3 Å². The van der Waals surface area contributed by atoms with E-state index in [1.54, 1.807) is 0 Å². The number of aryl methyl sites for hydroxylation is 1. The van der Waals surface area contributed by atoms with E-state index >= 15 is 0 Å². The van der Waals surface area contributed by atoms with Gasteiger partial charge in [-0.05, 0) is 32.7 Å². The lowest BCUT2D eigenvalue weighted by Gasteiger charge is -2.49. The van der Waals surface area contributed by atoms with Crippen LogP contribution in [-0.4, -0.2) is 86.4 Å². The molecule has 1 spiro atoms. The van der Waals surface area contributed by atoms with E-state index in [1.807, 2.05) is 11.1 Å². The Kier molecular flexibility index (Phi) is 10.3. The fourth-order valence-electron chi connectivity index (χ4n) is 3.96. The van der Waals surface area contributed by atoms with Gasteiger partial charge >= 0.3 is 24.3 Å². The number of carbonyl (C=O) groups excluding carboxylic acids is 1. The van der Waals surface area contributed by atoms with Crippen LogP contribution in [0.2, 0.25) is 0 Å². The second-order valence-corrected chi connectivity index (χ2v) is 8.91. The van der Waals surface area contributed by atoms with Gasteiger partial charge in [0.15, 0.2) is 0 Å². The molecule has 0 saturated carbocycles. The molecule has 206 valence electrons. The first-order valence-corrected chi connectivity index (χ1v) is 10.9. The van der Waals surface area contributed by atoms with Gasteiger partial charge in [-0.3, -0.25) is 9.69 Å². The number of amides is 1. The minimum atomic E-state index is -5.08. The van der Waals surface area contributed by atoms with Gasteiger partial charge in [-0.15, -0.1) is 0 Å². The fourth-order valence-corrected chi connectivity index (χ4v) is 3.96. The van der Waals surface area contributed by atoms with E-state index in [2.05, 4.69) is 37.3 Å². The number of likely N-dealkylation sites (N-methyl/N-ethyl adjacent to an activating group) is 1. The molecule has 1 aromatic rings. The zero-order valence-corrected chi connectivity index (χ0v) is 20.3. The lowest BCUT2D eigenvalue weighted by molar-refractivity contribution is -0.193. The lowest BCUT2D eigenvalue weighted by Crippen LogP contribution is -2.57. The molecule has 0 atom stereocenters. The van der Waals surface area contributed by atoms with Crippen LogP contribution in [0.1, 0.15) is 44.6 Å². The molecular formula is C21H30F6N4O5. The molecule has 1 aromatic heterocycles. The van der Waals surface area contributed by atoms with Gasteiger partial charge in [0.2, 0.25) is 5.91 Å². The van der Waals surface area contributed by atoms with Crippen molar-refractivity contribution in [1.29, 1.82) is 0 Å². The van der Waals surface area contributed by atoms with Crippen molar-refractivity contribution < 1.29 is 50.9 Å². The normalized spacial score (nSPS) is 17.5. The number of nitrogens with zero attached hydrogens (tertiary/aromatic N) is 4. The van der Waals surface area contributed by atoms with Crippen LogP contribution in [0, 0.1) is 12.8 Å². The molecular weight excluding hydrogens is 502 g/mol. The number of carboxylic acid groups (broad SMARTS) is 2. The Bertz CT molecular complexity index is 897. The minimum Gasteiger partial charge on any atom is -0.475 e. The number of imidazole rings is 1. The molecule has 0 aliphatic carbocycles. The van der Waals surface area contributed by atoms with E-state index in [0.717, 1.165) is 39.0 Å². The Labute approximate surface area is 203 Å². The summed E-state index contributed by atoms with van der Waals surface area (Å²) in [7, 11) is 2.21. The molecule has 1 saturated heterocycles. The van der Waals surface area contributed by atoms with Gasteiger partial charge in [-0.1, -0.05) is 13.8 Å². The predicted octanol–water partition coefficient (Wildman–Crippen LogP) is 3.27. The van der Waals surface area contributed by atoms with Crippen molar-refractivity contribution in [3.63, 3.8) is 0 Å². The van der Waals surface area contributed by atoms with Crippen LogP contribution in [0.25, 0.3) is 0 Å². The van der Waals surface area contributed by atoms with Crippen LogP contribution in [0.4, 0.5) is 26.3 Å². The minimum absolute atomic E-state index is 0.0150. The fraction of sp³-hybridized carbons (Fsp3) is 0.714. The molecule has 3 heterocycles. The highest BCUT2D eigenvalue weighted by Gasteiger charge is 2.46. The largest absolute Gasteiger partial charge is 0.490 e. The summed E-state index contributed by atoms with van der Waals surface area (Å²) >= 11 is 0. The van der Waals surface area contributed by atoms with E-state index in [-0.39, 0.29) is 5.54 Å². The second-order valence-electron chi connectivity index (χ2n) is 8.91. The molecule has 2 aliphatic rings. The van der Waals surface area contributed by atoms with Crippen LogP contribution in [0.3, 0.4) is 0 Å². The zero-order chi connectivity index (χ0) is 28.1. The number of aromatic nitrogens is 2. The highest BCUT2D eigenvalue weighted by molar-refractivity contribution is 5.76. The summed E-state index contributed by atoms with van der Waals surface area (Å²) in [6.45, 7) is 10.1. The van der Waals surface area contributed by atoms with E-state index in [1.165, 1.54) is 11.5 Å². The van der Waals surface area contributed by atoms with Crippen LogP contribution < -0.4 is 0 Å². The average molecular weight is 532 g/mol. The van der Waals surface area contributed by atoms with Crippen LogP contribution in [0.15, 0.2) is 6.20 Å². The van der Waals surface area contributed by atoms with Crippen molar-refractivity contribution in [2.24, 2.45) is 5.92 Å². The first-order valence-electron chi connectivity index (χ1n) is 10.9. The van der Waals surface area contributed by atoms with Gasteiger partial charge in [-0.2, -0.15) is 26.3 Å². The molecule has 3 rings (SSSR count). The summed E-state index contributed by atoms with van der Waals surface area (Å²) in [5.41, 5.74) is 1.27. The van der Waals surface area contributed by atoms with Gasteiger partial charge in [0, 0.05) is 44.5 Å². The van der Waals surface area contributed by atoms with Crippen molar-refractivity contribution in [3.05, 3.63) is 17.7 Å². The predicted molar refractivity (Wildman–Crippen MR) is 114 cm³/mol. The van der Waals surface area contributed by atoms with Gasteiger partial charge < -0.3 is 19.7 Å². The van der Waals surface area contributed by atoms with Crippen molar-refractivity contribution in [3.8, 4) is 0 Å². The molecule has 1 fully saturated rings. The number of carbonyl (C=O) groups is 3. The van der Waals surface area contributed by atoms with E-state index in [4.69, 9.17) is 24.8 Å². The third-order valence-corrected chi connectivity index (χ3v) is 5.87. The number of fused-ring (bicyclic) bond motifs is 2. The van der Waals surface area contributed by atoms with Gasteiger partial charge in [0.25, 0.3) is 0 Å². The van der Waals surface area contributed by atoms with Crippen LogP contribution in [0.5, 0.6) is 0 Å². The number of halogens is 6. The molecule has 36 heavy (non-hydrogen) atoms. The Morgan fingerprint density at radius 1 is 0.972 bits per heavy atom. The molecule has 15 heteroatoms. The quantitative estimate of drug-likeness (QED) is 0.562. The SMILES string of the molecule is Cc1cnc2n1CCN(C)C21CCN(C(=O)CC(C)C)CC1.O=C(O)C(F)(F)F.O=C(O)C(F)(F)F. The van der Waals surface area contributed by atoms with E-state index in [0.29, 0.717) is 18.2 Å². The maximum absolute atomic E-state index is 12.3. The number of alkyl halides is 6. The van der Waals surface area contributed by atoms with Gasteiger partial charge in [0.05, 0.1) is 5.54 Å². The Morgan fingerprint density at radius 2 is 1.42 bits per heavy atom. The van der Waals surface area contributed by atoms with Crippen molar-refractivity contribution >= 4 is 17.8 Å². The summed E-state index contributed by atoms with van der Waals surface area (Å²) in [5, 5.41) is 14.2. The van der Waals surface area contributed by atoms with Crippen LogP contribution >= 0.6 is 0 Å². The Morgan fingerprint density at radius 3 is 1.81 bits per heavy atom. The summed E-state index contributed by atoms with van der Waals surface area (Å²) in [6, 6.07) is 0. The lowest BCUT2D eigenvalue weighted by atomic mass is 9.83. The molecule has 2 aliphatic heterocycles. The summed E-state index contributed by atoms with van der Waals surface area (Å²) < 4.78 is 65.8. The van der Waals surface area contributed by atoms with E-state index in [9.17, 15) is 31.1 Å². The first-order chi connectivity index (χ1) is 16.3. The van der Waals surface area contributed by atoms with Gasteiger partial charge in [-0.25, -0.2) is 14.6 Å². The van der Waals surface area contributed by atoms with Crippen LogP contribution in [-0.2, 0) is 26.5 Å². The molecule has 2 N–H and O–H groups in total. The maximum Gasteiger partial charge on any atom is 0.490 e. The molecule has 1 amide bonds. The number of carboxylic acids is 2. The standard InChI is InChI=1S/C17H28N4O.2C2HF3O2/c1-13(2)11-15(22)20-7-5-17(6-8-20)16-18-12-14(3)21(16)10-9-19(17)4;2*3-2(4,5)1(6)7/h12-13H,5-11H2,1-4H3;2*(H,6,7). The summed E-state index contributed by atoms with van der Waals surface area (Å²) in [5.74, 6) is -3.57. The monoisotopic (exact) mass is 532 g/mol. The number of rotatable bonds is 2. The number of hydrogen-bond acceptors (Lipinski definition) is 5. The zero-order valence-electron chi connectivity index (χ0n) is 20.3. The highest BCUT2D eigenvalue weighted by atomic mass is 19.4. The van der Waals surface area contributed by atoms with Gasteiger partial charge in [0.1, 0.15) is 5.82 Å². The third-order valence-electron chi connectivity index (χ3n) is 5.87. The topological polar surface area (TPSA) is 116 Å². The Balaban J connectivity index is 0.000000383. The summed E-state index contributed by atoms with van der Waals surface area (Å²) in [6.07, 6.45) is -5.53. The average Bonchev–Trinajstić information content (AvgIpc) is 3.12.